The molecule has 2 amide bonds. The molecule has 0 aliphatic carbocycles. The molecule has 4 rings (SSSR count). The molecule has 35 heavy (non-hydrogen) atoms. The maximum absolute atomic E-state index is 14.8. The van der Waals surface area contributed by atoms with Crippen LogP contribution < -0.4 is 4.74 Å². The van der Waals surface area contributed by atoms with Crippen molar-refractivity contribution in [3.8, 4) is 16.9 Å². The van der Waals surface area contributed by atoms with Gasteiger partial charge < -0.3 is 14.7 Å². The van der Waals surface area contributed by atoms with E-state index in [0.29, 0.717) is 45.7 Å². The molecule has 3 aromatic carbocycles. The molecule has 3 aromatic rings. The lowest BCUT2D eigenvalue weighted by atomic mass is 9.89. The summed E-state index contributed by atoms with van der Waals surface area (Å²) in [6.07, 6.45) is 0.0579. The molecule has 0 saturated carbocycles. The van der Waals surface area contributed by atoms with Gasteiger partial charge in [-0.1, -0.05) is 46.9 Å². The van der Waals surface area contributed by atoms with Crippen LogP contribution in [0, 0.1) is 5.82 Å². The molecule has 0 atom stereocenters. The number of aliphatic carboxylic acids is 1. The first-order valence-electron chi connectivity index (χ1n) is 11.4. The minimum atomic E-state index is -0.973. The number of carboxylic acid groups (broad SMARTS) is 1. The van der Waals surface area contributed by atoms with E-state index in [1.807, 2.05) is 13.0 Å². The van der Waals surface area contributed by atoms with E-state index in [1.165, 1.54) is 11.0 Å². The highest BCUT2D eigenvalue weighted by Gasteiger charge is 2.29. The smallest absolute Gasteiger partial charge is 0.348 e. The Kier molecular flexibility index (Phi) is 7.29. The highest BCUT2D eigenvalue weighted by atomic mass is 19.2. The van der Waals surface area contributed by atoms with Crippen molar-refractivity contribution in [1.29, 1.82) is 0 Å². The van der Waals surface area contributed by atoms with Gasteiger partial charge in [-0.05, 0) is 59.4 Å². The molecule has 6 nitrogen and oxygen atoms in total. The number of urea groups is 1. The summed E-state index contributed by atoms with van der Waals surface area (Å²) in [4.78, 5) is 25.5. The summed E-state index contributed by atoms with van der Waals surface area (Å²) in [7, 11) is 0. The molecule has 0 spiro atoms. The third-order valence-corrected chi connectivity index (χ3v) is 5.99. The van der Waals surface area contributed by atoms with Crippen LogP contribution in [0.4, 0.5) is 13.7 Å². The minimum absolute atomic E-state index is 0.0190. The Hall–Kier alpha value is -3.94. The second kappa shape index (κ2) is 10.5. The zero-order chi connectivity index (χ0) is 24.9. The maximum atomic E-state index is 14.8. The Bertz CT molecular complexity index is 1230. The molecular formula is C27H26F2N2O4. The molecule has 0 saturated heterocycles. The van der Waals surface area contributed by atoms with Crippen molar-refractivity contribution in [3.63, 3.8) is 0 Å². The minimum Gasteiger partial charge on any atom is -0.493 e. The quantitative estimate of drug-likeness (QED) is 0.461. The fraction of sp³-hybridized carbons (Fsp3) is 0.259. The first kappa shape index (κ1) is 24.2. The average Bonchev–Trinajstić information content (AvgIpc) is 2.85. The number of hydrogen-bond acceptors (Lipinski definition) is 3. The van der Waals surface area contributed by atoms with Gasteiger partial charge in [-0.25, -0.2) is 9.18 Å². The average molecular weight is 481 g/mol. The molecule has 8 heteroatoms. The van der Waals surface area contributed by atoms with Crippen LogP contribution in [0.25, 0.3) is 11.1 Å². The number of amides is 2. The van der Waals surface area contributed by atoms with Crippen LogP contribution in [0.2, 0.25) is 0 Å². The number of halogens is 2. The summed E-state index contributed by atoms with van der Waals surface area (Å²) < 4.78 is 35.3. The van der Waals surface area contributed by atoms with Crippen molar-refractivity contribution in [2.45, 2.75) is 32.9 Å². The molecule has 0 unspecified atom stereocenters. The fourth-order valence-corrected chi connectivity index (χ4v) is 4.37. The number of fused-ring (bicyclic) bond motifs is 1. The van der Waals surface area contributed by atoms with E-state index < -0.39 is 17.8 Å². The van der Waals surface area contributed by atoms with Gasteiger partial charge in [0, 0.05) is 18.7 Å². The van der Waals surface area contributed by atoms with E-state index >= 15 is 0 Å². The Morgan fingerprint density at radius 2 is 1.80 bits per heavy atom. The lowest BCUT2D eigenvalue weighted by molar-refractivity contribution is -0.136. The molecule has 1 aliphatic rings. The SMILES string of the molecule is CCOc1ccc(CC(=O)O)cc1-c1ccc(F)c2c1CN(C(=O)N(F)Cc1ccccc1)CC2. The number of nitrogens with zero attached hydrogens (tertiary/aromatic N) is 2. The fourth-order valence-electron chi connectivity index (χ4n) is 4.37. The second-order valence-corrected chi connectivity index (χ2v) is 8.35. The van der Waals surface area contributed by atoms with E-state index in [-0.39, 0.29) is 37.6 Å². The molecule has 1 aliphatic heterocycles. The van der Waals surface area contributed by atoms with Crippen LogP contribution in [0.3, 0.4) is 0 Å². The van der Waals surface area contributed by atoms with Crippen molar-refractivity contribution >= 4 is 12.0 Å². The van der Waals surface area contributed by atoms with Crippen LogP contribution >= 0.6 is 0 Å². The Morgan fingerprint density at radius 3 is 2.51 bits per heavy atom. The summed E-state index contributed by atoms with van der Waals surface area (Å²) in [5.41, 5.74) is 3.48. The third-order valence-electron chi connectivity index (χ3n) is 5.99. The van der Waals surface area contributed by atoms with Gasteiger partial charge in [-0.3, -0.25) is 4.79 Å². The highest BCUT2D eigenvalue weighted by molar-refractivity contribution is 5.79. The predicted molar refractivity (Wildman–Crippen MR) is 127 cm³/mol. The van der Waals surface area contributed by atoms with Crippen molar-refractivity contribution in [1.82, 2.24) is 10.0 Å². The largest absolute Gasteiger partial charge is 0.493 e. The first-order valence-corrected chi connectivity index (χ1v) is 11.4. The molecule has 0 fully saturated rings. The van der Waals surface area contributed by atoms with Crippen molar-refractivity contribution < 1.29 is 28.3 Å². The lowest BCUT2D eigenvalue weighted by Gasteiger charge is -2.32. The zero-order valence-electron chi connectivity index (χ0n) is 19.3. The summed E-state index contributed by atoms with van der Waals surface area (Å²) in [5, 5.41) is 9.38. The first-order chi connectivity index (χ1) is 16.9. The number of carbonyl (C=O) groups excluding carboxylic acids is 1. The molecular weight excluding hydrogens is 454 g/mol. The molecule has 0 aromatic heterocycles. The van der Waals surface area contributed by atoms with Gasteiger partial charge in [0.05, 0.1) is 19.6 Å². The van der Waals surface area contributed by atoms with Crippen molar-refractivity contribution in [2.24, 2.45) is 0 Å². The van der Waals surface area contributed by atoms with E-state index in [4.69, 9.17) is 4.74 Å². The summed E-state index contributed by atoms with van der Waals surface area (Å²) >= 11 is 0. The molecule has 1 heterocycles. The van der Waals surface area contributed by atoms with E-state index in [9.17, 15) is 23.6 Å². The summed E-state index contributed by atoms with van der Waals surface area (Å²) in [6, 6.07) is 16.1. The summed E-state index contributed by atoms with van der Waals surface area (Å²) in [6.45, 7) is 2.22. The number of benzene rings is 3. The van der Waals surface area contributed by atoms with E-state index in [2.05, 4.69) is 0 Å². The van der Waals surface area contributed by atoms with Crippen molar-refractivity contribution in [3.05, 3.63) is 88.7 Å². The normalized spacial score (nSPS) is 12.7. The van der Waals surface area contributed by atoms with Gasteiger partial charge >= 0.3 is 12.0 Å². The van der Waals surface area contributed by atoms with Gasteiger partial charge in [-0.15, -0.1) is 0 Å². The Morgan fingerprint density at radius 1 is 1.03 bits per heavy atom. The van der Waals surface area contributed by atoms with E-state index in [1.54, 1.807) is 48.5 Å². The van der Waals surface area contributed by atoms with Crippen LogP contribution in [0.5, 0.6) is 5.75 Å². The van der Waals surface area contributed by atoms with Gasteiger partial charge in [0.2, 0.25) is 0 Å². The molecule has 0 radical (unpaired) electrons. The molecule has 1 N–H and O–H groups in total. The predicted octanol–water partition coefficient (Wildman–Crippen LogP) is 5.38. The van der Waals surface area contributed by atoms with Gasteiger partial charge in [0.15, 0.2) is 0 Å². The van der Waals surface area contributed by atoms with Crippen LogP contribution in [0.15, 0.2) is 60.7 Å². The van der Waals surface area contributed by atoms with Gasteiger partial charge in [0.1, 0.15) is 11.6 Å². The third kappa shape index (κ3) is 5.42. The maximum Gasteiger partial charge on any atom is 0.348 e. The number of carboxylic acids is 1. The standard InChI is InChI=1S/C27H26F2N2O4/c1-2-35-25-11-8-19(15-26(32)33)14-22(25)20-9-10-24(28)21-12-13-30(17-23(20)21)27(34)31(29)16-18-6-4-3-5-7-18/h3-11,14H,2,12-13,15-17H2,1H3,(H,32,33). The zero-order valence-corrected chi connectivity index (χ0v) is 19.3. The number of ether oxygens (including phenoxy) is 1. The summed E-state index contributed by atoms with van der Waals surface area (Å²) in [5.74, 6) is -0.841. The second-order valence-electron chi connectivity index (χ2n) is 8.35. The van der Waals surface area contributed by atoms with Gasteiger partial charge in [0.25, 0.3) is 0 Å². The molecule has 182 valence electrons. The van der Waals surface area contributed by atoms with Crippen LogP contribution in [-0.4, -0.2) is 40.3 Å². The topological polar surface area (TPSA) is 70.1 Å². The number of carbonyl (C=O) groups is 2. The van der Waals surface area contributed by atoms with Gasteiger partial charge in [-0.2, -0.15) is 5.12 Å². The number of hydrogen-bond donors (Lipinski definition) is 1. The molecule has 0 bridgehead atoms. The van der Waals surface area contributed by atoms with Crippen LogP contribution in [0.1, 0.15) is 29.2 Å². The van der Waals surface area contributed by atoms with E-state index in [0.717, 1.165) is 0 Å². The Labute approximate surface area is 202 Å². The monoisotopic (exact) mass is 480 g/mol. The van der Waals surface area contributed by atoms with Crippen molar-refractivity contribution in [2.75, 3.05) is 13.2 Å². The highest BCUT2D eigenvalue weighted by Crippen LogP contribution is 2.38. The van der Waals surface area contributed by atoms with Crippen LogP contribution in [-0.2, 0) is 30.7 Å². The Balaban J connectivity index is 1.67. The lowest BCUT2D eigenvalue weighted by Crippen LogP contribution is -2.42. The number of rotatable bonds is 7.